The number of nitro groups is 1. The zero-order chi connectivity index (χ0) is 15.9. The van der Waals surface area contributed by atoms with E-state index in [4.69, 9.17) is 4.74 Å². The van der Waals surface area contributed by atoms with E-state index >= 15 is 0 Å². The summed E-state index contributed by atoms with van der Waals surface area (Å²) < 4.78 is 5.24. The van der Waals surface area contributed by atoms with Crippen LogP contribution in [0.5, 0.6) is 0 Å². The lowest BCUT2D eigenvalue weighted by Crippen LogP contribution is -2.21. The number of allylic oxidation sites excluding steroid dienone is 2. The first-order chi connectivity index (χ1) is 10.6. The van der Waals surface area contributed by atoms with Crippen LogP contribution in [0.15, 0.2) is 42.5 Å². The summed E-state index contributed by atoms with van der Waals surface area (Å²) >= 11 is 0. The van der Waals surface area contributed by atoms with E-state index in [9.17, 15) is 14.9 Å². The van der Waals surface area contributed by atoms with E-state index in [-0.39, 0.29) is 5.69 Å². The molecule has 0 saturated carbocycles. The van der Waals surface area contributed by atoms with Crippen LogP contribution in [0.25, 0.3) is 6.08 Å². The van der Waals surface area contributed by atoms with Gasteiger partial charge in [0, 0.05) is 12.1 Å². The second-order valence-corrected chi connectivity index (χ2v) is 5.46. The van der Waals surface area contributed by atoms with Crippen molar-refractivity contribution in [3.63, 3.8) is 0 Å². The number of carbonyl (C=O) groups excluding carboxylic acids is 1. The molecule has 2 rings (SSSR count). The van der Waals surface area contributed by atoms with Crippen LogP contribution in [0.4, 0.5) is 5.69 Å². The summed E-state index contributed by atoms with van der Waals surface area (Å²) in [6.07, 6.45) is 8.85. The summed E-state index contributed by atoms with van der Waals surface area (Å²) in [5.74, 6) is 0.366. The number of nitrogens with zero attached hydrogens (tertiary/aromatic N) is 1. The number of ether oxygens (including phenoxy) is 1. The molecule has 1 aromatic rings. The van der Waals surface area contributed by atoms with Gasteiger partial charge < -0.3 is 4.74 Å². The van der Waals surface area contributed by atoms with Gasteiger partial charge in [-0.3, -0.25) is 10.1 Å². The summed E-state index contributed by atoms with van der Waals surface area (Å²) in [5, 5.41) is 10.9. The normalized spacial score (nSPS) is 21.0. The lowest BCUT2D eigenvalue weighted by Gasteiger charge is -2.24. The fourth-order valence-corrected chi connectivity index (χ4v) is 2.43. The van der Waals surface area contributed by atoms with E-state index in [0.29, 0.717) is 24.0 Å². The van der Waals surface area contributed by atoms with Gasteiger partial charge in [0.05, 0.1) is 17.1 Å². The molecule has 0 aromatic heterocycles. The molecule has 0 spiro atoms. The minimum atomic E-state index is -0.472. The Morgan fingerprint density at radius 1 is 1.36 bits per heavy atom. The highest BCUT2D eigenvalue weighted by Crippen LogP contribution is 2.25. The predicted molar refractivity (Wildman–Crippen MR) is 84.1 cm³/mol. The average molecular weight is 301 g/mol. The van der Waals surface area contributed by atoms with Gasteiger partial charge in [-0.1, -0.05) is 31.2 Å². The summed E-state index contributed by atoms with van der Waals surface area (Å²) in [7, 11) is 0. The van der Waals surface area contributed by atoms with Crippen molar-refractivity contribution >= 4 is 17.7 Å². The Morgan fingerprint density at radius 3 is 2.82 bits per heavy atom. The molecule has 2 atom stereocenters. The van der Waals surface area contributed by atoms with Gasteiger partial charge in [0.2, 0.25) is 0 Å². The van der Waals surface area contributed by atoms with Crippen LogP contribution < -0.4 is 0 Å². The van der Waals surface area contributed by atoms with Crippen molar-refractivity contribution in [2.24, 2.45) is 11.8 Å². The molecule has 2 unspecified atom stereocenters. The van der Waals surface area contributed by atoms with Crippen LogP contribution in [0.2, 0.25) is 0 Å². The first-order valence-electron chi connectivity index (χ1n) is 7.31. The Bertz CT molecular complexity index is 606. The van der Waals surface area contributed by atoms with Gasteiger partial charge in [-0.15, -0.1) is 0 Å². The number of esters is 1. The quantitative estimate of drug-likeness (QED) is 0.273. The number of para-hydroxylation sites is 1. The number of rotatable bonds is 5. The van der Waals surface area contributed by atoms with Gasteiger partial charge in [-0.05, 0) is 36.8 Å². The summed E-state index contributed by atoms with van der Waals surface area (Å²) in [4.78, 5) is 22.2. The van der Waals surface area contributed by atoms with E-state index in [1.165, 1.54) is 18.2 Å². The van der Waals surface area contributed by atoms with Gasteiger partial charge in [0.15, 0.2) is 0 Å². The van der Waals surface area contributed by atoms with Crippen molar-refractivity contribution in [1.82, 2.24) is 0 Å². The highest BCUT2D eigenvalue weighted by atomic mass is 16.6. The van der Waals surface area contributed by atoms with Gasteiger partial charge in [0.25, 0.3) is 5.69 Å². The highest BCUT2D eigenvalue weighted by molar-refractivity contribution is 5.87. The van der Waals surface area contributed by atoms with E-state index in [1.807, 2.05) is 0 Å². The Hall–Kier alpha value is -2.43. The number of benzene rings is 1. The smallest absolute Gasteiger partial charge is 0.330 e. The minimum Gasteiger partial charge on any atom is -0.462 e. The maximum atomic E-state index is 11.7. The van der Waals surface area contributed by atoms with Crippen LogP contribution in [-0.4, -0.2) is 17.5 Å². The molecule has 0 radical (unpaired) electrons. The van der Waals surface area contributed by atoms with Crippen LogP contribution in [0.1, 0.15) is 25.3 Å². The molecule has 5 heteroatoms. The topological polar surface area (TPSA) is 69.4 Å². The molecule has 116 valence electrons. The summed E-state index contributed by atoms with van der Waals surface area (Å²) in [6.45, 7) is 2.52. The molecule has 0 aliphatic heterocycles. The SMILES string of the molecule is CC1CC=CCC1COC(=O)C=Cc1ccccc1[N+](=O)[O-]. The molecule has 1 aliphatic rings. The molecule has 0 bridgehead atoms. The van der Waals surface area contributed by atoms with E-state index in [1.54, 1.807) is 18.2 Å². The third-order valence-electron chi connectivity index (χ3n) is 3.89. The highest BCUT2D eigenvalue weighted by Gasteiger charge is 2.19. The van der Waals surface area contributed by atoms with Crippen molar-refractivity contribution < 1.29 is 14.5 Å². The molecule has 0 amide bonds. The fraction of sp³-hybridized carbons (Fsp3) is 0.353. The second-order valence-electron chi connectivity index (χ2n) is 5.46. The molecule has 22 heavy (non-hydrogen) atoms. The molecule has 1 aliphatic carbocycles. The first-order valence-corrected chi connectivity index (χ1v) is 7.31. The lowest BCUT2D eigenvalue weighted by atomic mass is 9.85. The van der Waals surface area contributed by atoms with Crippen molar-refractivity contribution in [3.8, 4) is 0 Å². The van der Waals surface area contributed by atoms with E-state index in [0.717, 1.165) is 12.8 Å². The van der Waals surface area contributed by atoms with Crippen LogP contribution in [-0.2, 0) is 9.53 Å². The number of hydrogen-bond donors (Lipinski definition) is 0. The third kappa shape index (κ3) is 4.28. The second kappa shape index (κ2) is 7.54. The average Bonchev–Trinajstić information content (AvgIpc) is 2.52. The Balaban J connectivity index is 1.92. The number of nitro benzene ring substituents is 1. The Labute approximate surface area is 129 Å². The van der Waals surface area contributed by atoms with Crippen LogP contribution in [0.3, 0.4) is 0 Å². The lowest BCUT2D eigenvalue weighted by molar-refractivity contribution is -0.385. The number of hydrogen-bond acceptors (Lipinski definition) is 4. The first kappa shape index (κ1) is 15.9. The van der Waals surface area contributed by atoms with Gasteiger partial charge >= 0.3 is 5.97 Å². The summed E-state index contributed by atoms with van der Waals surface area (Å²) in [5.41, 5.74) is 0.357. The van der Waals surface area contributed by atoms with Gasteiger partial charge in [-0.25, -0.2) is 4.79 Å². The van der Waals surface area contributed by atoms with Gasteiger partial charge in [0.1, 0.15) is 0 Å². The van der Waals surface area contributed by atoms with Crippen LogP contribution in [0, 0.1) is 22.0 Å². The maximum absolute atomic E-state index is 11.7. The third-order valence-corrected chi connectivity index (χ3v) is 3.89. The standard InChI is InChI=1S/C17H19NO4/c1-13-6-2-3-8-15(13)12-22-17(19)11-10-14-7-4-5-9-16(14)18(20)21/h2-5,7,9-11,13,15H,6,8,12H2,1H3. The molecule has 0 heterocycles. The van der Waals surface area contributed by atoms with E-state index in [2.05, 4.69) is 19.1 Å². The van der Waals surface area contributed by atoms with Crippen molar-refractivity contribution in [3.05, 3.63) is 58.2 Å². The molecule has 1 aromatic carbocycles. The van der Waals surface area contributed by atoms with Crippen molar-refractivity contribution in [1.29, 1.82) is 0 Å². The number of carbonyl (C=O) groups is 1. The molecule has 0 fully saturated rings. The van der Waals surface area contributed by atoms with Gasteiger partial charge in [-0.2, -0.15) is 0 Å². The summed E-state index contributed by atoms with van der Waals surface area (Å²) in [6, 6.07) is 6.27. The van der Waals surface area contributed by atoms with Crippen molar-refractivity contribution in [2.75, 3.05) is 6.61 Å². The largest absolute Gasteiger partial charge is 0.462 e. The fourth-order valence-electron chi connectivity index (χ4n) is 2.43. The van der Waals surface area contributed by atoms with Crippen molar-refractivity contribution in [2.45, 2.75) is 19.8 Å². The Morgan fingerprint density at radius 2 is 2.09 bits per heavy atom. The zero-order valence-corrected chi connectivity index (χ0v) is 12.5. The molecule has 0 N–H and O–H groups in total. The minimum absolute atomic E-state index is 0.0300. The monoisotopic (exact) mass is 301 g/mol. The van der Waals surface area contributed by atoms with E-state index < -0.39 is 10.9 Å². The zero-order valence-electron chi connectivity index (χ0n) is 12.5. The molecular formula is C17H19NO4. The molecule has 5 nitrogen and oxygen atoms in total. The molecule has 0 saturated heterocycles. The predicted octanol–water partition coefficient (Wildman–Crippen LogP) is 3.75. The maximum Gasteiger partial charge on any atom is 0.330 e. The van der Waals surface area contributed by atoms with Crippen LogP contribution >= 0.6 is 0 Å². The Kier molecular flexibility index (Phi) is 5.47. The molecular weight excluding hydrogens is 282 g/mol.